The Hall–Kier alpha value is -1.16. The van der Waals surface area contributed by atoms with Crippen molar-refractivity contribution >= 4 is 0 Å². The van der Waals surface area contributed by atoms with Crippen molar-refractivity contribution in [2.45, 2.75) is 20.8 Å². The third-order valence-corrected chi connectivity index (χ3v) is 1.69. The Morgan fingerprint density at radius 2 is 2.07 bits per heavy atom. The fraction of sp³-hybridized carbons (Fsp3) is 0.600. The van der Waals surface area contributed by atoms with E-state index < -0.39 is 0 Å². The van der Waals surface area contributed by atoms with Crippen molar-refractivity contribution in [3.05, 3.63) is 17.6 Å². The summed E-state index contributed by atoms with van der Waals surface area (Å²) in [5.74, 6) is 0.593. The fourth-order valence-corrected chi connectivity index (χ4v) is 1.07. The molecule has 0 aliphatic rings. The zero-order chi connectivity index (χ0) is 10.4. The van der Waals surface area contributed by atoms with Gasteiger partial charge < -0.3 is 9.47 Å². The molecule has 4 heteroatoms. The highest BCUT2D eigenvalue weighted by atomic mass is 16.5. The number of hydrogen-bond acceptors (Lipinski definition) is 4. The second kappa shape index (κ2) is 5.54. The number of ether oxygens (including phenoxy) is 2. The Morgan fingerprint density at radius 3 is 2.71 bits per heavy atom. The molecule has 0 amide bonds. The maximum absolute atomic E-state index is 5.40. The molecular formula is C10H16N2O2. The summed E-state index contributed by atoms with van der Waals surface area (Å²) in [5.41, 5.74) is 1.72. The van der Waals surface area contributed by atoms with E-state index in [1.54, 1.807) is 6.20 Å². The average molecular weight is 196 g/mol. The summed E-state index contributed by atoms with van der Waals surface area (Å²) >= 11 is 0. The van der Waals surface area contributed by atoms with Gasteiger partial charge in [-0.3, -0.25) is 4.98 Å². The first-order valence-electron chi connectivity index (χ1n) is 4.74. The lowest BCUT2D eigenvalue weighted by Gasteiger charge is -2.07. The first kappa shape index (κ1) is 10.9. The summed E-state index contributed by atoms with van der Waals surface area (Å²) in [7, 11) is 0. The van der Waals surface area contributed by atoms with Gasteiger partial charge in [-0.25, -0.2) is 4.98 Å². The zero-order valence-corrected chi connectivity index (χ0v) is 8.91. The third kappa shape index (κ3) is 3.30. The van der Waals surface area contributed by atoms with Gasteiger partial charge in [0, 0.05) is 6.61 Å². The number of rotatable bonds is 5. The fourth-order valence-electron chi connectivity index (χ4n) is 1.07. The molecule has 1 aromatic rings. The number of aryl methyl sites for hydroxylation is 2. The van der Waals surface area contributed by atoms with Gasteiger partial charge in [-0.1, -0.05) is 0 Å². The smallest absolute Gasteiger partial charge is 0.235 e. The predicted molar refractivity (Wildman–Crippen MR) is 53.5 cm³/mol. The minimum absolute atomic E-state index is 0.520. The Morgan fingerprint density at radius 1 is 1.29 bits per heavy atom. The van der Waals surface area contributed by atoms with Crippen LogP contribution in [0.2, 0.25) is 0 Å². The maximum Gasteiger partial charge on any atom is 0.235 e. The van der Waals surface area contributed by atoms with Crippen molar-refractivity contribution in [3.63, 3.8) is 0 Å². The molecule has 0 atom stereocenters. The molecule has 0 spiro atoms. The van der Waals surface area contributed by atoms with E-state index in [-0.39, 0.29) is 0 Å². The molecule has 0 aliphatic heterocycles. The largest absolute Gasteiger partial charge is 0.474 e. The molecular weight excluding hydrogens is 180 g/mol. The number of aromatic nitrogens is 2. The zero-order valence-electron chi connectivity index (χ0n) is 8.91. The van der Waals surface area contributed by atoms with Crippen LogP contribution in [0, 0.1) is 13.8 Å². The molecule has 0 radical (unpaired) electrons. The van der Waals surface area contributed by atoms with Gasteiger partial charge in [0.25, 0.3) is 0 Å². The lowest BCUT2D eigenvalue weighted by atomic mass is 10.4. The van der Waals surface area contributed by atoms with E-state index in [4.69, 9.17) is 9.47 Å². The van der Waals surface area contributed by atoms with Crippen LogP contribution in [0.4, 0.5) is 0 Å². The quantitative estimate of drug-likeness (QED) is 0.669. The van der Waals surface area contributed by atoms with Crippen molar-refractivity contribution in [3.8, 4) is 5.88 Å². The summed E-state index contributed by atoms with van der Waals surface area (Å²) in [4.78, 5) is 8.38. The monoisotopic (exact) mass is 196 g/mol. The first-order valence-corrected chi connectivity index (χ1v) is 4.74. The molecule has 0 fully saturated rings. The van der Waals surface area contributed by atoms with Crippen LogP contribution in [0.5, 0.6) is 5.88 Å². The van der Waals surface area contributed by atoms with Crippen LogP contribution in [-0.4, -0.2) is 29.8 Å². The van der Waals surface area contributed by atoms with E-state index in [1.165, 1.54) is 0 Å². The summed E-state index contributed by atoms with van der Waals surface area (Å²) in [6.45, 7) is 7.57. The highest BCUT2D eigenvalue weighted by molar-refractivity contribution is 5.17. The van der Waals surface area contributed by atoms with Crippen LogP contribution in [0.15, 0.2) is 6.20 Å². The maximum atomic E-state index is 5.40. The van der Waals surface area contributed by atoms with Gasteiger partial charge in [-0.15, -0.1) is 0 Å². The highest BCUT2D eigenvalue weighted by Crippen LogP contribution is 2.10. The number of nitrogens with zero attached hydrogens (tertiary/aromatic N) is 2. The Kier molecular flexibility index (Phi) is 4.32. The van der Waals surface area contributed by atoms with Crippen molar-refractivity contribution in [2.24, 2.45) is 0 Å². The van der Waals surface area contributed by atoms with Crippen molar-refractivity contribution in [2.75, 3.05) is 19.8 Å². The molecule has 0 aliphatic carbocycles. The Labute approximate surface area is 84.3 Å². The molecule has 0 N–H and O–H groups in total. The van der Waals surface area contributed by atoms with Crippen LogP contribution in [0.25, 0.3) is 0 Å². The highest BCUT2D eigenvalue weighted by Gasteiger charge is 2.01. The van der Waals surface area contributed by atoms with Crippen molar-refractivity contribution in [1.82, 2.24) is 9.97 Å². The van der Waals surface area contributed by atoms with Gasteiger partial charge >= 0.3 is 0 Å². The van der Waals surface area contributed by atoms with Gasteiger partial charge in [-0.2, -0.15) is 0 Å². The average Bonchev–Trinajstić information content (AvgIpc) is 2.15. The molecule has 1 aromatic heterocycles. The number of hydrogen-bond donors (Lipinski definition) is 0. The molecule has 4 nitrogen and oxygen atoms in total. The lowest BCUT2D eigenvalue weighted by molar-refractivity contribution is 0.108. The van der Waals surface area contributed by atoms with Gasteiger partial charge in [0.1, 0.15) is 6.61 Å². The van der Waals surface area contributed by atoms with E-state index in [0.717, 1.165) is 11.4 Å². The first-order chi connectivity index (χ1) is 6.74. The molecule has 0 bridgehead atoms. The van der Waals surface area contributed by atoms with Crippen LogP contribution < -0.4 is 4.74 Å². The molecule has 1 heterocycles. The SMILES string of the molecule is CCOCCOc1ncc(C)nc1C. The Balaban J connectivity index is 2.42. The van der Waals surface area contributed by atoms with Crippen molar-refractivity contribution < 1.29 is 9.47 Å². The topological polar surface area (TPSA) is 44.2 Å². The van der Waals surface area contributed by atoms with E-state index in [0.29, 0.717) is 25.7 Å². The second-order valence-corrected chi connectivity index (χ2v) is 2.95. The molecule has 1 rings (SSSR count). The summed E-state index contributed by atoms with van der Waals surface area (Å²) in [6.07, 6.45) is 1.70. The summed E-state index contributed by atoms with van der Waals surface area (Å²) in [5, 5.41) is 0. The lowest BCUT2D eigenvalue weighted by Crippen LogP contribution is -2.08. The standard InChI is InChI=1S/C10H16N2O2/c1-4-13-5-6-14-10-9(3)12-8(2)7-11-10/h7H,4-6H2,1-3H3. The van der Waals surface area contributed by atoms with E-state index in [1.807, 2.05) is 20.8 Å². The van der Waals surface area contributed by atoms with Gasteiger partial charge in [-0.05, 0) is 20.8 Å². The summed E-state index contributed by atoms with van der Waals surface area (Å²) < 4.78 is 10.5. The molecule has 0 unspecified atom stereocenters. The van der Waals surface area contributed by atoms with Crippen molar-refractivity contribution in [1.29, 1.82) is 0 Å². The van der Waals surface area contributed by atoms with Crippen LogP contribution in [-0.2, 0) is 4.74 Å². The Bertz CT molecular complexity index is 289. The normalized spacial score (nSPS) is 10.2. The third-order valence-electron chi connectivity index (χ3n) is 1.69. The molecule has 0 saturated heterocycles. The molecule has 14 heavy (non-hydrogen) atoms. The second-order valence-electron chi connectivity index (χ2n) is 2.95. The minimum Gasteiger partial charge on any atom is -0.474 e. The van der Waals surface area contributed by atoms with Gasteiger partial charge in [0.05, 0.1) is 24.2 Å². The van der Waals surface area contributed by atoms with Crippen LogP contribution >= 0.6 is 0 Å². The van der Waals surface area contributed by atoms with E-state index in [9.17, 15) is 0 Å². The minimum atomic E-state index is 0.520. The van der Waals surface area contributed by atoms with Crippen LogP contribution in [0.1, 0.15) is 18.3 Å². The van der Waals surface area contributed by atoms with Crippen LogP contribution in [0.3, 0.4) is 0 Å². The van der Waals surface area contributed by atoms with E-state index in [2.05, 4.69) is 9.97 Å². The molecule has 78 valence electrons. The van der Waals surface area contributed by atoms with Gasteiger partial charge in [0.2, 0.25) is 5.88 Å². The van der Waals surface area contributed by atoms with E-state index >= 15 is 0 Å². The summed E-state index contributed by atoms with van der Waals surface area (Å²) in [6, 6.07) is 0. The molecule has 0 aromatic carbocycles. The molecule has 0 saturated carbocycles. The predicted octanol–water partition coefficient (Wildman–Crippen LogP) is 1.51. The van der Waals surface area contributed by atoms with Gasteiger partial charge in [0.15, 0.2) is 0 Å².